The minimum atomic E-state index is -0.845. The fraction of sp³-hybridized carbons (Fsp3) is 0.286. The van der Waals surface area contributed by atoms with Gasteiger partial charge < -0.3 is 5.11 Å². The maximum atomic E-state index is 10.5. The van der Waals surface area contributed by atoms with Crippen LogP contribution in [-0.2, 0) is 12.0 Å². The molecule has 1 aromatic carbocycles. The van der Waals surface area contributed by atoms with Crippen molar-refractivity contribution in [2.24, 2.45) is 0 Å². The quantitative estimate of drug-likeness (QED) is 0.884. The van der Waals surface area contributed by atoms with Gasteiger partial charge in [-0.2, -0.15) is 0 Å². The summed E-state index contributed by atoms with van der Waals surface area (Å²) in [6.45, 7) is 3.88. The normalized spacial score (nSPS) is 14.6. The molecule has 1 atom stereocenters. The summed E-state index contributed by atoms with van der Waals surface area (Å²) in [5.41, 5.74) is 1.29. The number of benzene rings is 1. The molecule has 0 amide bonds. The molecule has 90 valence electrons. The molecule has 1 unspecified atom stereocenters. The number of rotatable bonds is 3. The third-order valence-electron chi connectivity index (χ3n) is 2.82. The first-order valence-electron chi connectivity index (χ1n) is 5.51. The lowest BCUT2D eigenvalue weighted by Gasteiger charge is -2.23. The van der Waals surface area contributed by atoms with Crippen LogP contribution in [0.4, 0.5) is 0 Å². The average molecular weight is 267 g/mol. The summed E-state index contributed by atoms with van der Waals surface area (Å²) in [5, 5.41) is 10.5. The van der Waals surface area contributed by atoms with Crippen LogP contribution in [0.15, 0.2) is 36.4 Å². The monoisotopic (exact) mass is 266 g/mol. The van der Waals surface area contributed by atoms with E-state index in [1.807, 2.05) is 50.2 Å². The van der Waals surface area contributed by atoms with Crippen LogP contribution in [-0.4, -0.2) is 5.11 Å². The molecule has 0 aliphatic rings. The Bertz CT molecular complexity index is 499. The molecule has 17 heavy (non-hydrogen) atoms. The number of aryl methyl sites for hydroxylation is 1. The lowest BCUT2D eigenvalue weighted by molar-refractivity contribution is 0.0585. The molecule has 0 aliphatic heterocycles. The lowest BCUT2D eigenvalue weighted by atomic mass is 9.91. The minimum absolute atomic E-state index is 0.591. The molecule has 1 nitrogen and oxygen atoms in total. The largest absolute Gasteiger partial charge is 0.385 e. The van der Waals surface area contributed by atoms with Crippen molar-refractivity contribution < 1.29 is 5.11 Å². The van der Waals surface area contributed by atoms with Crippen LogP contribution in [0, 0.1) is 6.92 Å². The summed E-state index contributed by atoms with van der Waals surface area (Å²) >= 11 is 7.41. The van der Waals surface area contributed by atoms with Gasteiger partial charge in [0, 0.05) is 11.3 Å². The number of hydrogen-bond donors (Lipinski definition) is 1. The Morgan fingerprint density at radius 2 is 1.82 bits per heavy atom. The Morgan fingerprint density at radius 1 is 1.18 bits per heavy atom. The van der Waals surface area contributed by atoms with Gasteiger partial charge in [-0.05, 0) is 31.5 Å². The summed E-state index contributed by atoms with van der Waals surface area (Å²) in [4.78, 5) is 1.10. The Morgan fingerprint density at radius 3 is 2.35 bits per heavy atom. The first-order valence-corrected chi connectivity index (χ1v) is 6.70. The van der Waals surface area contributed by atoms with E-state index in [2.05, 4.69) is 0 Å². The van der Waals surface area contributed by atoms with Crippen molar-refractivity contribution in [3.63, 3.8) is 0 Å². The van der Waals surface area contributed by atoms with Gasteiger partial charge in [0.05, 0.1) is 9.94 Å². The second-order valence-electron chi connectivity index (χ2n) is 4.52. The Hall–Kier alpha value is -0.830. The van der Waals surface area contributed by atoms with Gasteiger partial charge in [0.2, 0.25) is 0 Å². The van der Waals surface area contributed by atoms with Gasteiger partial charge in [0.25, 0.3) is 0 Å². The van der Waals surface area contributed by atoms with E-state index >= 15 is 0 Å². The van der Waals surface area contributed by atoms with Gasteiger partial charge in [-0.1, -0.05) is 41.4 Å². The van der Waals surface area contributed by atoms with Crippen LogP contribution >= 0.6 is 22.9 Å². The van der Waals surface area contributed by atoms with Crippen LogP contribution in [0.3, 0.4) is 0 Å². The summed E-state index contributed by atoms with van der Waals surface area (Å²) in [6.07, 6.45) is 0.591. The molecule has 0 aliphatic carbocycles. The average Bonchev–Trinajstić information content (AvgIpc) is 2.63. The van der Waals surface area contributed by atoms with Crippen LogP contribution in [0.2, 0.25) is 4.34 Å². The van der Waals surface area contributed by atoms with E-state index in [9.17, 15) is 5.11 Å². The number of thiophene rings is 1. The molecule has 0 spiro atoms. The summed E-state index contributed by atoms with van der Waals surface area (Å²) < 4.78 is 0.764. The molecular formula is C14H15ClOS. The second-order valence-corrected chi connectivity index (χ2v) is 6.32. The van der Waals surface area contributed by atoms with Crippen LogP contribution in [0.25, 0.3) is 0 Å². The maximum Gasteiger partial charge on any atom is 0.0931 e. The summed E-state index contributed by atoms with van der Waals surface area (Å²) in [6, 6.07) is 11.8. The van der Waals surface area contributed by atoms with Crippen LogP contribution in [0.5, 0.6) is 0 Å². The fourth-order valence-electron chi connectivity index (χ4n) is 1.80. The Kier molecular flexibility index (Phi) is 3.57. The molecule has 3 heteroatoms. The zero-order valence-corrected chi connectivity index (χ0v) is 11.5. The highest BCUT2D eigenvalue weighted by Gasteiger charge is 2.24. The van der Waals surface area contributed by atoms with E-state index in [1.165, 1.54) is 16.9 Å². The topological polar surface area (TPSA) is 20.2 Å². The van der Waals surface area contributed by atoms with E-state index < -0.39 is 5.60 Å². The van der Waals surface area contributed by atoms with E-state index in [0.717, 1.165) is 14.8 Å². The summed E-state index contributed by atoms with van der Waals surface area (Å²) in [7, 11) is 0. The highest BCUT2D eigenvalue weighted by atomic mass is 35.5. The molecule has 1 N–H and O–H groups in total. The standard InChI is InChI=1S/C14H15ClOS/c1-10-3-5-11(6-4-10)14(2,16)9-12-7-8-13(15)17-12/h3-8,16H,9H2,1-2H3. The van der Waals surface area contributed by atoms with Gasteiger partial charge in [-0.25, -0.2) is 0 Å². The third kappa shape index (κ3) is 3.09. The number of halogens is 1. The zero-order chi connectivity index (χ0) is 12.5. The van der Waals surface area contributed by atoms with Crippen molar-refractivity contribution in [2.75, 3.05) is 0 Å². The number of aliphatic hydroxyl groups is 1. The predicted octanol–water partition coefficient (Wildman–Crippen LogP) is 4.16. The SMILES string of the molecule is Cc1ccc(C(C)(O)Cc2ccc(Cl)s2)cc1. The first kappa shape index (κ1) is 12.6. The van der Waals surface area contributed by atoms with Gasteiger partial charge >= 0.3 is 0 Å². The van der Waals surface area contributed by atoms with Gasteiger partial charge in [0.1, 0.15) is 0 Å². The number of hydrogen-bond acceptors (Lipinski definition) is 2. The molecule has 0 bridgehead atoms. The lowest BCUT2D eigenvalue weighted by Crippen LogP contribution is -2.23. The molecule has 0 saturated carbocycles. The van der Waals surface area contributed by atoms with E-state index in [4.69, 9.17) is 11.6 Å². The van der Waals surface area contributed by atoms with Gasteiger partial charge in [-0.3, -0.25) is 0 Å². The van der Waals surface area contributed by atoms with E-state index in [-0.39, 0.29) is 0 Å². The predicted molar refractivity (Wildman–Crippen MR) is 73.8 cm³/mol. The minimum Gasteiger partial charge on any atom is -0.385 e. The van der Waals surface area contributed by atoms with Crippen molar-refractivity contribution in [1.29, 1.82) is 0 Å². The first-order chi connectivity index (χ1) is 7.97. The van der Waals surface area contributed by atoms with Crippen molar-refractivity contribution in [3.05, 3.63) is 56.7 Å². The molecular weight excluding hydrogens is 252 g/mol. The van der Waals surface area contributed by atoms with Crippen molar-refractivity contribution in [2.45, 2.75) is 25.9 Å². The molecule has 2 aromatic rings. The van der Waals surface area contributed by atoms with Crippen LogP contribution in [0.1, 0.15) is 22.9 Å². The Balaban J connectivity index is 2.21. The maximum absolute atomic E-state index is 10.5. The molecule has 0 fully saturated rings. The van der Waals surface area contributed by atoms with E-state index in [0.29, 0.717) is 6.42 Å². The van der Waals surface area contributed by atoms with Crippen molar-refractivity contribution in [1.82, 2.24) is 0 Å². The Labute approximate surface area is 111 Å². The fourth-order valence-corrected chi connectivity index (χ4v) is 3.04. The molecule has 0 radical (unpaired) electrons. The highest BCUT2D eigenvalue weighted by molar-refractivity contribution is 7.16. The molecule has 0 saturated heterocycles. The van der Waals surface area contributed by atoms with E-state index in [1.54, 1.807) is 0 Å². The molecule has 1 aromatic heterocycles. The molecule has 1 heterocycles. The van der Waals surface area contributed by atoms with Gasteiger partial charge in [-0.15, -0.1) is 11.3 Å². The van der Waals surface area contributed by atoms with Crippen LogP contribution < -0.4 is 0 Å². The smallest absolute Gasteiger partial charge is 0.0931 e. The second kappa shape index (κ2) is 4.81. The van der Waals surface area contributed by atoms with Crippen molar-refractivity contribution in [3.8, 4) is 0 Å². The third-order valence-corrected chi connectivity index (χ3v) is 4.05. The zero-order valence-electron chi connectivity index (χ0n) is 9.90. The van der Waals surface area contributed by atoms with Crippen molar-refractivity contribution >= 4 is 22.9 Å². The van der Waals surface area contributed by atoms with Gasteiger partial charge in [0.15, 0.2) is 0 Å². The summed E-state index contributed by atoms with van der Waals surface area (Å²) in [5.74, 6) is 0. The molecule has 2 rings (SSSR count). The highest BCUT2D eigenvalue weighted by Crippen LogP contribution is 2.30.